The molecule has 0 fully saturated rings. The summed E-state index contributed by atoms with van der Waals surface area (Å²) in [4.78, 5) is 43.2. The first-order chi connectivity index (χ1) is 21.1. The standard InChI is InChI=1S/C36H49N3O4S/c1-7-9-10-13-23-39(34(41)31(22-24-44-6)38-35(42)43-36(3,4)5)32(28-18-16-26(8-2)17-19-28)33(40)37-30-21-20-27-14-11-12-15-29(27)25-30/h11-12,14-21,25,31-32H,7-10,13,22-24H2,1-6H3,(H,37,40)(H,38,42). The number of anilines is 1. The molecule has 0 bridgehead atoms. The lowest BCUT2D eigenvalue weighted by atomic mass is 9.99. The first kappa shape index (κ1) is 35.0. The number of aryl methyl sites for hydroxylation is 1. The zero-order chi connectivity index (χ0) is 32.1. The molecule has 3 rings (SSSR count). The molecule has 0 spiro atoms. The monoisotopic (exact) mass is 619 g/mol. The first-order valence-electron chi connectivity index (χ1n) is 15.7. The van der Waals surface area contributed by atoms with Gasteiger partial charge in [0.2, 0.25) is 5.91 Å². The van der Waals surface area contributed by atoms with E-state index in [9.17, 15) is 14.4 Å². The molecule has 44 heavy (non-hydrogen) atoms. The van der Waals surface area contributed by atoms with Gasteiger partial charge in [-0.25, -0.2) is 4.79 Å². The van der Waals surface area contributed by atoms with Crippen molar-refractivity contribution in [1.29, 1.82) is 0 Å². The molecule has 0 heterocycles. The molecule has 0 saturated heterocycles. The lowest BCUT2D eigenvalue weighted by Gasteiger charge is -2.34. The van der Waals surface area contributed by atoms with Gasteiger partial charge in [0.05, 0.1) is 0 Å². The van der Waals surface area contributed by atoms with Crippen LogP contribution in [0.1, 0.15) is 83.9 Å². The van der Waals surface area contributed by atoms with Crippen LogP contribution in [0.25, 0.3) is 10.8 Å². The number of amides is 3. The normalized spacial score (nSPS) is 12.8. The van der Waals surface area contributed by atoms with Gasteiger partial charge >= 0.3 is 6.09 Å². The minimum Gasteiger partial charge on any atom is -0.444 e. The maximum absolute atomic E-state index is 14.5. The molecule has 7 nitrogen and oxygen atoms in total. The fourth-order valence-corrected chi connectivity index (χ4v) is 5.58. The molecule has 2 N–H and O–H groups in total. The van der Waals surface area contributed by atoms with E-state index in [2.05, 4.69) is 24.5 Å². The molecule has 8 heteroatoms. The highest BCUT2D eigenvalue weighted by Crippen LogP contribution is 2.27. The van der Waals surface area contributed by atoms with Crippen LogP contribution in [0, 0.1) is 0 Å². The van der Waals surface area contributed by atoms with Gasteiger partial charge in [0.25, 0.3) is 5.91 Å². The van der Waals surface area contributed by atoms with E-state index in [0.717, 1.165) is 54.0 Å². The highest BCUT2D eigenvalue weighted by Gasteiger charge is 2.36. The Morgan fingerprint density at radius 2 is 1.61 bits per heavy atom. The van der Waals surface area contributed by atoms with Crippen LogP contribution in [0.2, 0.25) is 0 Å². The smallest absolute Gasteiger partial charge is 0.408 e. The van der Waals surface area contributed by atoms with Gasteiger partial charge in [0.15, 0.2) is 0 Å². The van der Waals surface area contributed by atoms with Crippen molar-refractivity contribution in [2.75, 3.05) is 23.9 Å². The predicted octanol–water partition coefficient (Wildman–Crippen LogP) is 8.14. The molecule has 0 aliphatic heterocycles. The van der Waals surface area contributed by atoms with E-state index in [-0.39, 0.29) is 11.8 Å². The van der Waals surface area contributed by atoms with Gasteiger partial charge in [0.1, 0.15) is 17.7 Å². The molecule has 0 aliphatic carbocycles. The Morgan fingerprint density at radius 3 is 2.25 bits per heavy atom. The largest absolute Gasteiger partial charge is 0.444 e. The Bertz CT molecular complexity index is 1370. The van der Waals surface area contributed by atoms with Crippen molar-refractivity contribution in [3.63, 3.8) is 0 Å². The van der Waals surface area contributed by atoms with Gasteiger partial charge in [0, 0.05) is 12.2 Å². The molecular formula is C36H49N3O4S. The maximum atomic E-state index is 14.5. The Kier molecular flexibility index (Phi) is 13.6. The fraction of sp³-hybridized carbons (Fsp3) is 0.472. The molecular weight excluding hydrogens is 570 g/mol. The van der Waals surface area contributed by atoms with Crippen LogP contribution >= 0.6 is 11.8 Å². The maximum Gasteiger partial charge on any atom is 0.408 e. The number of carbonyl (C=O) groups is 3. The number of ether oxygens (including phenoxy) is 1. The third-order valence-corrected chi connectivity index (χ3v) is 8.06. The number of nitrogens with zero attached hydrogens (tertiary/aromatic N) is 1. The summed E-state index contributed by atoms with van der Waals surface area (Å²) < 4.78 is 5.52. The SMILES string of the molecule is CCCCCCN(C(=O)C(CCSC)NC(=O)OC(C)(C)C)C(C(=O)Nc1ccc2ccccc2c1)c1ccc(CC)cc1. The number of hydrogen-bond donors (Lipinski definition) is 2. The van der Waals surface area contributed by atoms with E-state index in [1.807, 2.05) is 73.0 Å². The number of benzene rings is 3. The number of carbonyl (C=O) groups excluding carboxylic acids is 3. The molecule has 238 valence electrons. The second-order valence-corrected chi connectivity index (χ2v) is 13.1. The summed E-state index contributed by atoms with van der Waals surface area (Å²) in [6.45, 7) is 9.98. The van der Waals surface area contributed by atoms with Gasteiger partial charge in [-0.05, 0) is 86.1 Å². The predicted molar refractivity (Wildman–Crippen MR) is 183 cm³/mol. The van der Waals surface area contributed by atoms with Gasteiger partial charge in [-0.15, -0.1) is 0 Å². The molecule has 3 aromatic rings. The van der Waals surface area contributed by atoms with Gasteiger partial charge in [-0.2, -0.15) is 11.8 Å². The summed E-state index contributed by atoms with van der Waals surface area (Å²) in [6, 6.07) is 20.0. The minimum absolute atomic E-state index is 0.292. The van der Waals surface area contributed by atoms with Crippen LogP contribution in [0.5, 0.6) is 0 Å². The zero-order valence-corrected chi connectivity index (χ0v) is 28.0. The van der Waals surface area contributed by atoms with Crippen LogP contribution in [-0.4, -0.2) is 53.0 Å². The average molecular weight is 620 g/mol. The number of thioether (sulfide) groups is 1. The first-order valence-corrected chi connectivity index (χ1v) is 17.1. The highest BCUT2D eigenvalue weighted by atomic mass is 32.2. The van der Waals surface area contributed by atoms with Crippen molar-refractivity contribution in [2.24, 2.45) is 0 Å². The lowest BCUT2D eigenvalue weighted by Crippen LogP contribution is -2.52. The number of unbranched alkanes of at least 4 members (excludes halogenated alkanes) is 3. The zero-order valence-electron chi connectivity index (χ0n) is 27.2. The Morgan fingerprint density at radius 1 is 0.909 bits per heavy atom. The molecule has 0 saturated carbocycles. The van der Waals surface area contributed by atoms with E-state index >= 15 is 0 Å². The summed E-state index contributed by atoms with van der Waals surface area (Å²) >= 11 is 1.60. The Hall–Kier alpha value is -3.52. The number of nitrogens with one attached hydrogen (secondary N) is 2. The van der Waals surface area contributed by atoms with Crippen molar-refractivity contribution >= 4 is 46.1 Å². The molecule has 3 amide bonds. The molecule has 3 aromatic carbocycles. The van der Waals surface area contributed by atoms with E-state index < -0.39 is 23.8 Å². The van der Waals surface area contributed by atoms with E-state index in [1.54, 1.807) is 37.4 Å². The van der Waals surface area contributed by atoms with Crippen molar-refractivity contribution < 1.29 is 19.1 Å². The number of rotatable bonds is 15. The second kappa shape index (κ2) is 17.1. The average Bonchev–Trinajstić information content (AvgIpc) is 2.99. The molecule has 0 aliphatic rings. The van der Waals surface area contributed by atoms with Crippen LogP contribution in [0.3, 0.4) is 0 Å². The lowest BCUT2D eigenvalue weighted by molar-refractivity contribution is -0.141. The summed E-state index contributed by atoms with van der Waals surface area (Å²) in [5.41, 5.74) is 1.83. The van der Waals surface area contributed by atoms with Crippen LogP contribution in [0.4, 0.5) is 10.5 Å². The fourth-order valence-electron chi connectivity index (χ4n) is 5.10. The topological polar surface area (TPSA) is 87.7 Å². The quantitative estimate of drug-likeness (QED) is 0.168. The Balaban J connectivity index is 2.03. The van der Waals surface area contributed by atoms with Gasteiger partial charge in [-0.1, -0.05) is 87.7 Å². The van der Waals surface area contributed by atoms with E-state index in [0.29, 0.717) is 24.4 Å². The van der Waals surface area contributed by atoms with E-state index in [1.165, 1.54) is 0 Å². The van der Waals surface area contributed by atoms with Crippen LogP contribution < -0.4 is 10.6 Å². The van der Waals surface area contributed by atoms with Gasteiger partial charge in [-0.3, -0.25) is 9.59 Å². The summed E-state index contributed by atoms with van der Waals surface area (Å²) in [5, 5.41) is 8.02. The number of fused-ring (bicyclic) bond motifs is 1. The number of hydrogen-bond acceptors (Lipinski definition) is 5. The highest BCUT2D eigenvalue weighted by molar-refractivity contribution is 7.98. The molecule has 0 radical (unpaired) electrons. The van der Waals surface area contributed by atoms with Crippen molar-refractivity contribution in [3.8, 4) is 0 Å². The van der Waals surface area contributed by atoms with Crippen molar-refractivity contribution in [3.05, 3.63) is 77.9 Å². The summed E-state index contributed by atoms with van der Waals surface area (Å²) in [6.07, 6.45) is 6.36. The van der Waals surface area contributed by atoms with Crippen molar-refractivity contribution in [1.82, 2.24) is 10.2 Å². The molecule has 0 aromatic heterocycles. The van der Waals surface area contributed by atoms with Crippen LogP contribution in [0.15, 0.2) is 66.7 Å². The molecule has 2 atom stereocenters. The minimum atomic E-state index is -0.890. The summed E-state index contributed by atoms with van der Waals surface area (Å²) in [7, 11) is 0. The van der Waals surface area contributed by atoms with Crippen molar-refractivity contribution in [2.45, 2.75) is 90.8 Å². The third kappa shape index (κ3) is 10.6. The summed E-state index contributed by atoms with van der Waals surface area (Å²) in [5.74, 6) is 0.0727. The third-order valence-electron chi connectivity index (χ3n) is 7.42. The van der Waals surface area contributed by atoms with Crippen LogP contribution in [-0.2, 0) is 20.7 Å². The number of alkyl carbamates (subject to hydrolysis) is 1. The van der Waals surface area contributed by atoms with E-state index in [4.69, 9.17) is 4.74 Å². The van der Waals surface area contributed by atoms with Gasteiger partial charge < -0.3 is 20.3 Å². The molecule has 2 unspecified atom stereocenters. The second-order valence-electron chi connectivity index (χ2n) is 12.1. The Labute approximate surface area is 267 Å².